The minimum absolute atomic E-state index is 1.08. The lowest BCUT2D eigenvalue weighted by atomic mass is 9.92. The number of rotatable bonds is 8. The molecule has 0 saturated carbocycles. The Morgan fingerprint density at radius 1 is 0.266 bits per heavy atom. The average Bonchev–Trinajstić information content (AvgIpc) is 3.71. The topological polar surface area (TPSA) is 8.17 Å². The summed E-state index contributed by atoms with van der Waals surface area (Å²) in [6, 6.07) is 92.8. The summed E-state index contributed by atoms with van der Waals surface area (Å²) in [6.07, 6.45) is 0. The zero-order chi connectivity index (χ0) is 42.4. The molecular formula is C62H42N2. The number of anilines is 3. The molecule has 2 nitrogen and oxygen atoms in total. The number of hydrogen-bond acceptors (Lipinski definition) is 1. The van der Waals surface area contributed by atoms with Crippen LogP contribution in [0, 0.1) is 0 Å². The third-order valence-electron chi connectivity index (χ3n) is 12.8. The van der Waals surface area contributed by atoms with Crippen LogP contribution >= 0.6 is 0 Å². The second-order valence-corrected chi connectivity index (χ2v) is 16.5. The van der Waals surface area contributed by atoms with E-state index in [1.165, 1.54) is 76.7 Å². The number of para-hydroxylation sites is 3. The monoisotopic (exact) mass is 814 g/mol. The molecule has 0 radical (unpaired) electrons. The number of hydrogen-bond donors (Lipinski definition) is 0. The lowest BCUT2D eigenvalue weighted by Gasteiger charge is -2.29. The van der Waals surface area contributed by atoms with E-state index in [0.29, 0.717) is 0 Å². The highest BCUT2D eigenvalue weighted by molar-refractivity contribution is 6.15. The quantitative estimate of drug-likeness (QED) is 0.139. The second kappa shape index (κ2) is 15.8. The van der Waals surface area contributed by atoms with Gasteiger partial charge in [0.2, 0.25) is 0 Å². The van der Waals surface area contributed by atoms with Crippen molar-refractivity contribution in [1.82, 2.24) is 4.57 Å². The maximum absolute atomic E-state index is 2.45. The van der Waals surface area contributed by atoms with Crippen LogP contribution in [0.25, 0.3) is 93.5 Å². The lowest BCUT2D eigenvalue weighted by molar-refractivity contribution is 1.18. The Labute approximate surface area is 373 Å². The molecule has 12 rings (SSSR count). The molecule has 0 spiro atoms. The first-order valence-corrected chi connectivity index (χ1v) is 22.0. The van der Waals surface area contributed by atoms with Gasteiger partial charge in [-0.3, -0.25) is 0 Å². The van der Waals surface area contributed by atoms with E-state index >= 15 is 0 Å². The van der Waals surface area contributed by atoms with Gasteiger partial charge in [0.05, 0.1) is 22.4 Å². The van der Waals surface area contributed by atoms with Crippen LogP contribution in [0.15, 0.2) is 255 Å². The van der Waals surface area contributed by atoms with E-state index in [-0.39, 0.29) is 0 Å². The molecule has 1 aromatic heterocycles. The minimum Gasteiger partial charge on any atom is -0.310 e. The predicted octanol–water partition coefficient (Wildman–Crippen LogP) is 17.2. The van der Waals surface area contributed by atoms with Crippen LogP contribution < -0.4 is 4.90 Å². The van der Waals surface area contributed by atoms with Crippen molar-refractivity contribution in [2.45, 2.75) is 0 Å². The Kier molecular flexibility index (Phi) is 9.20. The fourth-order valence-electron chi connectivity index (χ4n) is 9.78. The summed E-state index contributed by atoms with van der Waals surface area (Å²) in [6.45, 7) is 0. The van der Waals surface area contributed by atoms with Gasteiger partial charge in [-0.1, -0.05) is 206 Å². The van der Waals surface area contributed by atoms with Gasteiger partial charge in [-0.15, -0.1) is 0 Å². The van der Waals surface area contributed by atoms with Crippen molar-refractivity contribution >= 4 is 60.4 Å². The highest BCUT2D eigenvalue weighted by Crippen LogP contribution is 2.46. The molecule has 0 N–H and O–H groups in total. The van der Waals surface area contributed by atoms with Gasteiger partial charge < -0.3 is 9.47 Å². The molecular weight excluding hydrogens is 773 g/mol. The first-order valence-electron chi connectivity index (χ1n) is 22.0. The molecule has 0 aliphatic heterocycles. The maximum Gasteiger partial charge on any atom is 0.0546 e. The molecule has 300 valence electrons. The normalized spacial score (nSPS) is 11.4. The molecule has 0 aliphatic carbocycles. The Bertz CT molecular complexity index is 3590. The van der Waals surface area contributed by atoms with E-state index in [1.807, 2.05) is 0 Å². The van der Waals surface area contributed by atoms with E-state index in [9.17, 15) is 0 Å². The second-order valence-electron chi connectivity index (χ2n) is 16.5. The highest BCUT2D eigenvalue weighted by atomic mass is 15.1. The first kappa shape index (κ1) is 37.3. The predicted molar refractivity (Wildman–Crippen MR) is 272 cm³/mol. The number of benzene rings is 11. The van der Waals surface area contributed by atoms with Gasteiger partial charge in [-0.2, -0.15) is 0 Å². The van der Waals surface area contributed by atoms with Crippen molar-refractivity contribution < 1.29 is 0 Å². The Morgan fingerprint density at radius 2 is 0.734 bits per heavy atom. The van der Waals surface area contributed by atoms with Crippen molar-refractivity contribution in [3.63, 3.8) is 0 Å². The van der Waals surface area contributed by atoms with Gasteiger partial charge in [-0.25, -0.2) is 0 Å². The molecule has 0 bridgehead atoms. The van der Waals surface area contributed by atoms with Gasteiger partial charge >= 0.3 is 0 Å². The van der Waals surface area contributed by atoms with E-state index in [1.54, 1.807) is 0 Å². The third kappa shape index (κ3) is 6.44. The van der Waals surface area contributed by atoms with Crippen molar-refractivity contribution in [3.8, 4) is 50.2 Å². The van der Waals surface area contributed by atoms with Crippen LogP contribution in [-0.2, 0) is 0 Å². The molecule has 0 saturated heterocycles. The number of fused-ring (bicyclic) bond motifs is 6. The highest BCUT2D eigenvalue weighted by Gasteiger charge is 2.22. The van der Waals surface area contributed by atoms with Crippen LogP contribution in [0.1, 0.15) is 0 Å². The smallest absolute Gasteiger partial charge is 0.0546 e. The molecule has 64 heavy (non-hydrogen) atoms. The maximum atomic E-state index is 2.45. The van der Waals surface area contributed by atoms with Gasteiger partial charge in [-0.05, 0) is 104 Å². The lowest BCUT2D eigenvalue weighted by Crippen LogP contribution is -2.11. The van der Waals surface area contributed by atoms with Crippen LogP contribution in [0.5, 0.6) is 0 Å². The first-order chi connectivity index (χ1) is 31.8. The van der Waals surface area contributed by atoms with Gasteiger partial charge in [0.25, 0.3) is 0 Å². The van der Waals surface area contributed by atoms with Crippen molar-refractivity contribution in [2.24, 2.45) is 0 Å². The Hall–Kier alpha value is -8.46. The van der Waals surface area contributed by atoms with Crippen LogP contribution in [0.3, 0.4) is 0 Å². The fraction of sp³-hybridized carbons (Fsp3) is 0. The molecule has 2 heteroatoms. The standard InChI is InChI=1S/C62H42N2/c1-3-17-43(18-4-1)44-31-33-45(34-32-44)46-35-37-49(38-36-46)63(62-41-48-21-7-8-22-51(48)52-23-9-10-25-55(52)62)50-39-40-53(58(42-50)47-19-5-2-6-20-47)54-24-11-14-28-59(54)64-60-29-15-12-26-56(60)57-27-13-16-30-61(57)64/h1-42H. The van der Waals surface area contributed by atoms with Crippen molar-refractivity contribution in [3.05, 3.63) is 255 Å². The summed E-state index contributed by atoms with van der Waals surface area (Å²) >= 11 is 0. The van der Waals surface area contributed by atoms with Crippen LogP contribution in [0.4, 0.5) is 17.1 Å². The van der Waals surface area contributed by atoms with E-state index < -0.39 is 0 Å². The molecule has 0 unspecified atom stereocenters. The molecule has 0 aliphatic rings. The van der Waals surface area contributed by atoms with E-state index in [0.717, 1.165) is 33.9 Å². The Morgan fingerprint density at radius 3 is 1.39 bits per heavy atom. The SMILES string of the molecule is c1ccc(-c2ccc(-c3ccc(N(c4ccc(-c5ccccc5-n5c6ccccc6c6ccccc65)c(-c5ccccc5)c4)c4cc5ccccc5c5ccccc45)cc3)cc2)cc1. The zero-order valence-electron chi connectivity index (χ0n) is 35.1. The summed E-state index contributed by atoms with van der Waals surface area (Å²) < 4.78 is 2.44. The summed E-state index contributed by atoms with van der Waals surface area (Å²) in [7, 11) is 0. The van der Waals surface area contributed by atoms with Crippen molar-refractivity contribution in [2.75, 3.05) is 4.90 Å². The van der Waals surface area contributed by atoms with E-state index in [4.69, 9.17) is 0 Å². The zero-order valence-corrected chi connectivity index (χ0v) is 35.1. The molecule has 12 aromatic rings. The third-order valence-corrected chi connectivity index (χ3v) is 12.8. The fourth-order valence-corrected chi connectivity index (χ4v) is 9.78. The minimum atomic E-state index is 1.08. The van der Waals surface area contributed by atoms with Gasteiger partial charge in [0.1, 0.15) is 0 Å². The number of aromatic nitrogens is 1. The molecule has 1 heterocycles. The van der Waals surface area contributed by atoms with Gasteiger partial charge in [0, 0.05) is 33.1 Å². The summed E-state index contributed by atoms with van der Waals surface area (Å²) in [5.74, 6) is 0. The van der Waals surface area contributed by atoms with E-state index in [2.05, 4.69) is 264 Å². The molecule has 0 amide bonds. The number of nitrogens with zero attached hydrogens (tertiary/aromatic N) is 2. The molecule has 0 atom stereocenters. The van der Waals surface area contributed by atoms with Crippen LogP contribution in [-0.4, -0.2) is 4.57 Å². The molecule has 0 fully saturated rings. The largest absolute Gasteiger partial charge is 0.310 e. The summed E-state index contributed by atoms with van der Waals surface area (Å²) in [5.41, 5.74) is 16.3. The van der Waals surface area contributed by atoms with Crippen molar-refractivity contribution in [1.29, 1.82) is 0 Å². The summed E-state index contributed by atoms with van der Waals surface area (Å²) in [5, 5.41) is 7.38. The molecule has 11 aromatic carbocycles. The Balaban J connectivity index is 1.06. The van der Waals surface area contributed by atoms with Gasteiger partial charge in [0.15, 0.2) is 0 Å². The van der Waals surface area contributed by atoms with Crippen LogP contribution in [0.2, 0.25) is 0 Å². The summed E-state index contributed by atoms with van der Waals surface area (Å²) in [4.78, 5) is 2.45. The average molecular weight is 815 g/mol.